The van der Waals surface area contributed by atoms with Gasteiger partial charge in [-0.2, -0.15) is 0 Å². The van der Waals surface area contributed by atoms with E-state index < -0.39 is 0 Å². The Hall–Kier alpha value is -1.84. The molecule has 146 valence electrons. The van der Waals surface area contributed by atoms with E-state index >= 15 is 0 Å². The quantitative estimate of drug-likeness (QED) is 0.670. The number of carbonyl (C=O) groups excluding carboxylic acids is 2. The molecule has 0 aromatic heterocycles. The van der Waals surface area contributed by atoms with Gasteiger partial charge >= 0.3 is 11.9 Å². The van der Waals surface area contributed by atoms with Crippen LogP contribution in [0.2, 0.25) is 0 Å². The monoisotopic (exact) mass is 370 g/mol. The van der Waals surface area contributed by atoms with Crippen LogP contribution in [0.4, 0.5) is 0 Å². The third-order valence-corrected chi connectivity index (χ3v) is 6.58. The Bertz CT molecular complexity index is 668. The van der Waals surface area contributed by atoms with Gasteiger partial charge in [0.15, 0.2) is 0 Å². The Balaban J connectivity index is 1.33. The zero-order chi connectivity index (χ0) is 19.0. The molecule has 4 heteroatoms. The van der Waals surface area contributed by atoms with E-state index in [9.17, 15) is 9.59 Å². The van der Waals surface area contributed by atoms with Crippen molar-refractivity contribution < 1.29 is 19.1 Å². The number of carbonyl (C=O) groups is 2. The molecule has 4 fully saturated rings. The van der Waals surface area contributed by atoms with Crippen LogP contribution in [0, 0.1) is 29.1 Å². The van der Waals surface area contributed by atoms with Crippen LogP contribution in [0.5, 0.6) is 0 Å². The van der Waals surface area contributed by atoms with Gasteiger partial charge in [0, 0.05) is 5.41 Å². The summed E-state index contributed by atoms with van der Waals surface area (Å²) >= 11 is 0. The van der Waals surface area contributed by atoms with Crippen molar-refractivity contribution in [2.75, 3.05) is 13.2 Å². The Morgan fingerprint density at radius 3 is 1.78 bits per heavy atom. The molecule has 27 heavy (non-hydrogen) atoms. The van der Waals surface area contributed by atoms with Gasteiger partial charge in [-0.15, -0.1) is 0 Å². The van der Waals surface area contributed by atoms with Crippen LogP contribution in [-0.2, 0) is 9.47 Å². The van der Waals surface area contributed by atoms with Crippen LogP contribution < -0.4 is 0 Å². The molecule has 4 aliphatic carbocycles. The minimum atomic E-state index is -0.350. The molecule has 0 heterocycles. The van der Waals surface area contributed by atoms with Gasteiger partial charge in [0.1, 0.15) is 0 Å². The SMILES string of the molecule is CC(C)COC(=O)c1ccc(C(=O)OCC23CC4CC(CC(C4)C2)C3)cc1. The molecule has 0 radical (unpaired) electrons. The van der Waals surface area contributed by atoms with E-state index in [1.54, 1.807) is 24.3 Å². The third-order valence-electron chi connectivity index (χ3n) is 6.58. The molecule has 0 amide bonds. The van der Waals surface area contributed by atoms with E-state index in [2.05, 4.69) is 0 Å². The Morgan fingerprint density at radius 1 is 0.889 bits per heavy atom. The molecule has 4 bridgehead atoms. The second-order valence-electron chi connectivity index (χ2n) is 9.56. The third kappa shape index (κ3) is 4.04. The fraction of sp³-hybridized carbons (Fsp3) is 0.652. The number of rotatable bonds is 6. The van der Waals surface area contributed by atoms with Crippen molar-refractivity contribution in [1.82, 2.24) is 0 Å². The van der Waals surface area contributed by atoms with Crippen LogP contribution >= 0.6 is 0 Å². The molecule has 4 saturated carbocycles. The summed E-state index contributed by atoms with van der Waals surface area (Å²) < 4.78 is 11.0. The molecular weight excluding hydrogens is 340 g/mol. The highest BCUT2D eigenvalue weighted by Gasteiger charge is 2.51. The summed E-state index contributed by atoms with van der Waals surface area (Å²) in [5.41, 5.74) is 1.19. The summed E-state index contributed by atoms with van der Waals surface area (Å²) in [4.78, 5) is 24.5. The zero-order valence-electron chi connectivity index (χ0n) is 16.4. The van der Waals surface area contributed by atoms with Gasteiger partial charge < -0.3 is 9.47 Å². The highest BCUT2D eigenvalue weighted by molar-refractivity contribution is 5.93. The first-order valence-corrected chi connectivity index (χ1v) is 10.4. The molecule has 0 saturated heterocycles. The van der Waals surface area contributed by atoms with E-state index in [4.69, 9.17) is 9.47 Å². The van der Waals surface area contributed by atoms with Gasteiger partial charge in [-0.3, -0.25) is 0 Å². The smallest absolute Gasteiger partial charge is 0.338 e. The lowest BCUT2D eigenvalue weighted by molar-refractivity contribution is -0.0848. The molecule has 0 atom stereocenters. The summed E-state index contributed by atoms with van der Waals surface area (Å²) in [6.07, 6.45) is 7.86. The van der Waals surface area contributed by atoms with Gasteiger partial charge in [-0.1, -0.05) is 13.8 Å². The molecule has 5 rings (SSSR count). The minimum absolute atomic E-state index is 0.227. The van der Waals surface area contributed by atoms with Gasteiger partial charge in [-0.25, -0.2) is 9.59 Å². The summed E-state index contributed by atoms with van der Waals surface area (Å²) in [5, 5.41) is 0. The molecule has 0 aliphatic heterocycles. The lowest BCUT2D eigenvalue weighted by Crippen LogP contribution is -2.48. The van der Waals surface area contributed by atoms with Crippen molar-refractivity contribution >= 4 is 11.9 Å². The van der Waals surface area contributed by atoms with E-state index in [1.165, 1.54) is 38.5 Å². The van der Waals surface area contributed by atoms with E-state index in [-0.39, 0.29) is 17.4 Å². The summed E-state index contributed by atoms with van der Waals surface area (Å²) in [6, 6.07) is 6.61. The summed E-state index contributed by atoms with van der Waals surface area (Å²) in [5.74, 6) is 2.22. The maximum atomic E-state index is 12.5. The highest BCUT2D eigenvalue weighted by Crippen LogP contribution is 2.60. The van der Waals surface area contributed by atoms with E-state index in [0.717, 1.165) is 17.8 Å². The molecule has 0 spiro atoms. The largest absolute Gasteiger partial charge is 0.462 e. The van der Waals surface area contributed by atoms with Crippen LogP contribution in [0.3, 0.4) is 0 Å². The van der Waals surface area contributed by atoms with Crippen LogP contribution in [0.15, 0.2) is 24.3 Å². The van der Waals surface area contributed by atoms with Gasteiger partial charge in [0.05, 0.1) is 24.3 Å². The molecule has 1 aromatic carbocycles. The fourth-order valence-electron chi connectivity index (χ4n) is 5.84. The van der Waals surface area contributed by atoms with Crippen molar-refractivity contribution in [3.63, 3.8) is 0 Å². The molecular formula is C23H30O4. The predicted molar refractivity (Wildman–Crippen MR) is 102 cm³/mol. The number of ether oxygens (including phenoxy) is 2. The normalized spacial score (nSPS) is 31.1. The van der Waals surface area contributed by atoms with Crippen molar-refractivity contribution in [3.8, 4) is 0 Å². The fourth-order valence-corrected chi connectivity index (χ4v) is 5.84. The number of hydrogen-bond acceptors (Lipinski definition) is 4. The van der Waals surface area contributed by atoms with Gasteiger partial charge in [0.2, 0.25) is 0 Å². The van der Waals surface area contributed by atoms with Crippen LogP contribution in [-0.4, -0.2) is 25.2 Å². The average Bonchev–Trinajstić information content (AvgIpc) is 2.63. The topological polar surface area (TPSA) is 52.6 Å². The standard InChI is InChI=1S/C23H30O4/c1-15(2)13-26-21(24)19-3-5-20(6-4-19)22(25)27-14-23-10-16-7-17(11-23)9-18(8-16)12-23/h3-6,15-18H,7-14H2,1-2H3. The Morgan fingerprint density at radius 2 is 1.33 bits per heavy atom. The lowest BCUT2D eigenvalue weighted by atomic mass is 9.50. The predicted octanol–water partition coefficient (Wildman–Crippen LogP) is 4.87. The second kappa shape index (κ2) is 7.29. The Labute approximate surface area is 161 Å². The van der Waals surface area contributed by atoms with E-state index in [0.29, 0.717) is 30.3 Å². The van der Waals surface area contributed by atoms with Gasteiger partial charge in [0.25, 0.3) is 0 Å². The number of hydrogen-bond donors (Lipinski definition) is 0. The van der Waals surface area contributed by atoms with Crippen molar-refractivity contribution in [2.24, 2.45) is 29.1 Å². The van der Waals surface area contributed by atoms with Crippen molar-refractivity contribution in [3.05, 3.63) is 35.4 Å². The summed E-state index contributed by atoms with van der Waals surface area (Å²) in [7, 11) is 0. The van der Waals surface area contributed by atoms with Crippen molar-refractivity contribution in [1.29, 1.82) is 0 Å². The molecule has 0 unspecified atom stereocenters. The number of benzene rings is 1. The molecule has 0 N–H and O–H groups in total. The van der Waals surface area contributed by atoms with Gasteiger partial charge in [-0.05, 0) is 86.5 Å². The second-order valence-corrected chi connectivity index (χ2v) is 9.56. The molecule has 4 aliphatic rings. The zero-order valence-corrected chi connectivity index (χ0v) is 16.4. The highest BCUT2D eigenvalue weighted by atomic mass is 16.5. The maximum Gasteiger partial charge on any atom is 0.338 e. The van der Waals surface area contributed by atoms with Crippen LogP contribution in [0.1, 0.15) is 73.1 Å². The Kier molecular flexibility index (Phi) is 5.00. The van der Waals surface area contributed by atoms with Crippen molar-refractivity contribution in [2.45, 2.75) is 52.4 Å². The lowest BCUT2D eigenvalue weighted by Gasteiger charge is -2.56. The maximum absolute atomic E-state index is 12.5. The first kappa shape index (κ1) is 18.5. The first-order chi connectivity index (χ1) is 12.9. The molecule has 4 nitrogen and oxygen atoms in total. The molecule has 1 aromatic rings. The summed E-state index contributed by atoms with van der Waals surface area (Å²) in [6.45, 7) is 4.94. The number of esters is 2. The first-order valence-electron chi connectivity index (χ1n) is 10.4. The van der Waals surface area contributed by atoms with E-state index in [1.807, 2.05) is 13.8 Å². The van der Waals surface area contributed by atoms with Crippen LogP contribution in [0.25, 0.3) is 0 Å². The average molecular weight is 370 g/mol. The minimum Gasteiger partial charge on any atom is -0.462 e.